The van der Waals surface area contributed by atoms with Gasteiger partial charge in [0.1, 0.15) is 5.70 Å². The van der Waals surface area contributed by atoms with E-state index in [9.17, 15) is 18.4 Å². The van der Waals surface area contributed by atoms with E-state index in [2.05, 4.69) is 5.32 Å². The fourth-order valence-electron chi connectivity index (χ4n) is 3.24. The van der Waals surface area contributed by atoms with E-state index in [0.29, 0.717) is 21.2 Å². The first-order valence-electron chi connectivity index (χ1n) is 9.17. The summed E-state index contributed by atoms with van der Waals surface area (Å²) in [7, 11) is 0. The van der Waals surface area contributed by atoms with Crippen LogP contribution in [0.1, 0.15) is 11.1 Å². The van der Waals surface area contributed by atoms with Gasteiger partial charge in [-0.2, -0.15) is 0 Å². The minimum absolute atomic E-state index is 0.0443. The molecule has 0 radical (unpaired) electrons. The van der Waals surface area contributed by atoms with Crippen LogP contribution in [0.4, 0.5) is 14.5 Å². The second-order valence-electron chi connectivity index (χ2n) is 6.80. The van der Waals surface area contributed by atoms with E-state index in [1.807, 2.05) is 0 Å². The van der Waals surface area contributed by atoms with E-state index < -0.39 is 23.4 Å². The van der Waals surface area contributed by atoms with E-state index in [1.165, 1.54) is 6.07 Å². The van der Waals surface area contributed by atoms with Gasteiger partial charge in [-0.3, -0.25) is 14.5 Å². The highest BCUT2D eigenvalue weighted by Gasteiger charge is 2.39. The van der Waals surface area contributed by atoms with Gasteiger partial charge in [-0.15, -0.1) is 0 Å². The van der Waals surface area contributed by atoms with Crippen LogP contribution in [0.25, 0.3) is 5.57 Å². The maximum atomic E-state index is 13.7. The van der Waals surface area contributed by atoms with Gasteiger partial charge in [0.25, 0.3) is 11.8 Å². The Labute approximate surface area is 186 Å². The molecule has 4 nitrogen and oxygen atoms in total. The number of imide groups is 1. The predicted octanol–water partition coefficient (Wildman–Crippen LogP) is 5.66. The number of benzene rings is 3. The van der Waals surface area contributed by atoms with Crippen LogP contribution < -0.4 is 5.32 Å². The monoisotopic (exact) mass is 458 g/mol. The zero-order valence-corrected chi connectivity index (χ0v) is 17.3. The second kappa shape index (κ2) is 8.49. The largest absolute Gasteiger partial charge is 0.350 e. The molecule has 1 heterocycles. The minimum atomic E-state index is -1.08. The molecular formula is C23H14Cl2F2N2O2. The molecule has 156 valence electrons. The predicted molar refractivity (Wildman–Crippen MR) is 115 cm³/mol. The molecule has 2 amide bonds. The summed E-state index contributed by atoms with van der Waals surface area (Å²) >= 11 is 12.1. The third-order valence-electron chi connectivity index (χ3n) is 4.78. The molecule has 8 heteroatoms. The number of carbonyl (C=O) groups excluding carboxylic acids is 2. The van der Waals surface area contributed by atoms with Gasteiger partial charge >= 0.3 is 0 Å². The smallest absolute Gasteiger partial charge is 0.278 e. The number of nitrogens with zero attached hydrogens (tertiary/aromatic N) is 1. The molecule has 0 saturated carbocycles. The number of carbonyl (C=O) groups is 2. The first-order chi connectivity index (χ1) is 14.8. The van der Waals surface area contributed by atoms with Crippen LogP contribution in [0.15, 0.2) is 72.4 Å². The number of anilines is 1. The highest BCUT2D eigenvalue weighted by atomic mass is 35.5. The molecule has 3 aromatic rings. The first kappa shape index (κ1) is 21.0. The van der Waals surface area contributed by atoms with Gasteiger partial charge in [-0.25, -0.2) is 8.78 Å². The molecule has 0 saturated heterocycles. The molecule has 1 aliphatic heterocycles. The summed E-state index contributed by atoms with van der Waals surface area (Å²) in [6, 6.07) is 16.4. The van der Waals surface area contributed by atoms with Gasteiger partial charge in [0.05, 0.1) is 12.1 Å². The summed E-state index contributed by atoms with van der Waals surface area (Å²) in [5.74, 6) is -3.26. The van der Waals surface area contributed by atoms with Crippen LogP contribution in [-0.2, 0) is 16.1 Å². The van der Waals surface area contributed by atoms with E-state index in [-0.39, 0.29) is 23.5 Å². The Balaban J connectivity index is 1.76. The Morgan fingerprint density at radius 2 is 1.55 bits per heavy atom. The second-order valence-corrected chi connectivity index (χ2v) is 7.64. The highest BCUT2D eigenvalue weighted by Crippen LogP contribution is 2.33. The van der Waals surface area contributed by atoms with Crippen molar-refractivity contribution in [1.29, 1.82) is 0 Å². The van der Waals surface area contributed by atoms with E-state index in [0.717, 1.165) is 17.0 Å². The number of hydrogen-bond acceptors (Lipinski definition) is 3. The number of rotatable bonds is 5. The Hall–Kier alpha value is -3.22. The van der Waals surface area contributed by atoms with Crippen molar-refractivity contribution in [2.24, 2.45) is 0 Å². The van der Waals surface area contributed by atoms with Gasteiger partial charge < -0.3 is 5.32 Å². The van der Waals surface area contributed by atoms with Gasteiger partial charge in [-0.1, -0.05) is 53.5 Å². The fourth-order valence-corrected chi connectivity index (χ4v) is 3.56. The third kappa shape index (κ3) is 4.17. The maximum Gasteiger partial charge on any atom is 0.278 e. The third-order valence-corrected chi connectivity index (χ3v) is 5.40. The van der Waals surface area contributed by atoms with Crippen molar-refractivity contribution >= 4 is 46.3 Å². The number of hydrogen-bond donors (Lipinski definition) is 1. The topological polar surface area (TPSA) is 49.4 Å². The lowest BCUT2D eigenvalue weighted by Crippen LogP contribution is -2.32. The quantitative estimate of drug-likeness (QED) is 0.501. The molecule has 0 bridgehead atoms. The molecule has 3 aromatic carbocycles. The summed E-state index contributed by atoms with van der Waals surface area (Å²) in [4.78, 5) is 27.5. The molecule has 0 aliphatic carbocycles. The van der Waals surface area contributed by atoms with Crippen LogP contribution in [-0.4, -0.2) is 16.7 Å². The Morgan fingerprint density at radius 3 is 2.23 bits per heavy atom. The Kier molecular flexibility index (Phi) is 5.76. The summed E-state index contributed by atoms with van der Waals surface area (Å²) in [6.07, 6.45) is 0. The van der Waals surface area contributed by atoms with Crippen LogP contribution >= 0.6 is 23.2 Å². The Morgan fingerprint density at radius 1 is 0.839 bits per heavy atom. The number of halogens is 4. The molecule has 0 aromatic heterocycles. The molecule has 0 unspecified atom stereocenters. The van der Waals surface area contributed by atoms with Crippen molar-refractivity contribution in [2.75, 3.05) is 5.32 Å². The number of amides is 2. The SMILES string of the molecule is O=C1C(Nc2ccc(F)c(F)c2)=C(c2ccc(Cl)cc2)C(=O)N1Cc1ccccc1Cl. The Bertz CT molecular complexity index is 1230. The van der Waals surface area contributed by atoms with Crippen LogP contribution in [0.5, 0.6) is 0 Å². The average molecular weight is 459 g/mol. The van der Waals surface area contributed by atoms with Gasteiger partial charge in [0.15, 0.2) is 11.6 Å². The van der Waals surface area contributed by atoms with Crippen molar-refractivity contribution in [3.05, 3.63) is 105 Å². The lowest BCUT2D eigenvalue weighted by atomic mass is 10.0. The van der Waals surface area contributed by atoms with Gasteiger partial charge in [0, 0.05) is 21.8 Å². The van der Waals surface area contributed by atoms with E-state index in [1.54, 1.807) is 48.5 Å². The lowest BCUT2D eigenvalue weighted by Gasteiger charge is -2.16. The molecular weight excluding hydrogens is 445 g/mol. The molecule has 4 rings (SSSR count). The summed E-state index contributed by atoms with van der Waals surface area (Å²) in [5.41, 5.74) is 1.22. The van der Waals surface area contributed by atoms with Gasteiger partial charge in [-0.05, 0) is 41.5 Å². The van der Waals surface area contributed by atoms with Crippen molar-refractivity contribution < 1.29 is 18.4 Å². The zero-order valence-electron chi connectivity index (χ0n) is 15.8. The van der Waals surface area contributed by atoms with E-state index >= 15 is 0 Å². The molecule has 0 spiro atoms. The van der Waals surface area contributed by atoms with Crippen molar-refractivity contribution in [3.63, 3.8) is 0 Å². The molecule has 0 fully saturated rings. The summed E-state index contributed by atoms with van der Waals surface area (Å²) < 4.78 is 27.0. The van der Waals surface area contributed by atoms with Crippen molar-refractivity contribution in [2.45, 2.75) is 6.54 Å². The average Bonchev–Trinajstić information content (AvgIpc) is 2.97. The minimum Gasteiger partial charge on any atom is -0.350 e. The number of nitrogens with one attached hydrogen (secondary N) is 1. The van der Waals surface area contributed by atoms with Crippen molar-refractivity contribution in [3.8, 4) is 0 Å². The summed E-state index contributed by atoms with van der Waals surface area (Å²) in [6.45, 7) is -0.0443. The van der Waals surface area contributed by atoms with Crippen LogP contribution in [0, 0.1) is 11.6 Å². The van der Waals surface area contributed by atoms with E-state index in [4.69, 9.17) is 23.2 Å². The molecule has 0 atom stereocenters. The lowest BCUT2D eigenvalue weighted by molar-refractivity contribution is -0.137. The molecule has 1 N–H and O–H groups in total. The zero-order chi connectivity index (χ0) is 22.1. The van der Waals surface area contributed by atoms with Crippen LogP contribution in [0.3, 0.4) is 0 Å². The maximum absolute atomic E-state index is 13.7. The standard InChI is InChI=1S/C23H14Cl2F2N2O2/c24-15-7-5-13(6-8-15)20-21(28-16-9-10-18(26)19(27)11-16)23(31)29(22(20)30)12-14-3-1-2-4-17(14)25/h1-11,28H,12H2. The molecule has 1 aliphatic rings. The van der Waals surface area contributed by atoms with Crippen LogP contribution in [0.2, 0.25) is 10.0 Å². The normalized spacial score (nSPS) is 13.9. The van der Waals surface area contributed by atoms with Gasteiger partial charge in [0.2, 0.25) is 0 Å². The molecule has 31 heavy (non-hydrogen) atoms. The summed E-state index contributed by atoms with van der Waals surface area (Å²) in [5, 5.41) is 3.65. The fraction of sp³-hybridized carbons (Fsp3) is 0.0435. The first-order valence-corrected chi connectivity index (χ1v) is 9.92. The highest BCUT2D eigenvalue weighted by molar-refractivity contribution is 6.37. The van der Waals surface area contributed by atoms with Crippen molar-refractivity contribution in [1.82, 2.24) is 4.90 Å².